The number of aliphatic carboxylic acids is 2. The number of carboxylic acid groups (broad SMARTS) is 2. The average Bonchev–Trinajstić information content (AvgIpc) is 3.21. The van der Waals surface area contributed by atoms with E-state index in [1.165, 1.54) is 75.1 Å². The standard InChI is InChI=1S/2C30H25ClFN3O7.Mg/c2*1-40-24-15-19-21(16-25(24)41-14-10-26(36)37)33-13-9-22(19)42-23-4-2-3-20(27(23)31)35-29(39)30(11-12-30)28(38)34-18-7-5-17(32)6-8-18;/h2*2-9,13,15-16H,10-12,14H2,1H3,(H,34,38)(H,35,39)(H,36,37);/q;;+2/p-2. The number of nitrogens with one attached hydrogen (secondary N) is 4. The molecule has 4 amide bonds. The van der Waals surface area contributed by atoms with E-state index in [1.807, 2.05) is 0 Å². The molecule has 2 aliphatic carbocycles. The van der Waals surface area contributed by atoms with E-state index in [2.05, 4.69) is 31.2 Å². The maximum absolute atomic E-state index is 13.2. The number of fused-ring (bicyclic) bond motifs is 2. The first-order chi connectivity index (χ1) is 40.4. The summed E-state index contributed by atoms with van der Waals surface area (Å²) in [7, 11) is 2.89. The molecular formula is C60H48Cl2F2MgN6O14. The van der Waals surface area contributed by atoms with Crippen LogP contribution in [0.5, 0.6) is 46.0 Å². The second-order valence-electron chi connectivity index (χ2n) is 19.0. The molecule has 20 nitrogen and oxygen atoms in total. The van der Waals surface area contributed by atoms with Crippen molar-refractivity contribution in [1.82, 2.24) is 9.97 Å². The van der Waals surface area contributed by atoms with Gasteiger partial charge in [0.1, 0.15) is 55.5 Å². The number of pyridine rings is 2. The van der Waals surface area contributed by atoms with Gasteiger partial charge in [-0.05, 0) is 123 Å². The summed E-state index contributed by atoms with van der Waals surface area (Å²) in [5.41, 5.74) is -0.308. The van der Waals surface area contributed by atoms with Crippen LogP contribution in [0.1, 0.15) is 38.5 Å². The maximum atomic E-state index is 13.2. The van der Waals surface area contributed by atoms with Crippen LogP contribution in [0.3, 0.4) is 0 Å². The summed E-state index contributed by atoms with van der Waals surface area (Å²) in [6, 6.07) is 30.0. The molecule has 0 bridgehead atoms. The molecule has 0 aliphatic heterocycles. The summed E-state index contributed by atoms with van der Waals surface area (Å²) in [6.07, 6.45) is 3.86. The van der Waals surface area contributed by atoms with Gasteiger partial charge in [0.2, 0.25) is 23.6 Å². The number of aromatic nitrogens is 2. The van der Waals surface area contributed by atoms with Crippen molar-refractivity contribution >= 4 is 126 Å². The predicted molar refractivity (Wildman–Crippen MR) is 306 cm³/mol. The van der Waals surface area contributed by atoms with Gasteiger partial charge in [-0.25, -0.2) is 8.78 Å². The van der Waals surface area contributed by atoms with Crippen LogP contribution in [0.25, 0.3) is 21.8 Å². The molecule has 432 valence electrons. The fourth-order valence-corrected chi connectivity index (χ4v) is 8.92. The molecule has 4 N–H and O–H groups in total. The van der Waals surface area contributed by atoms with Gasteiger partial charge in [-0.1, -0.05) is 35.3 Å². The Kier molecular flexibility index (Phi) is 19.8. The normalized spacial score (nSPS) is 13.1. The van der Waals surface area contributed by atoms with E-state index in [0.29, 0.717) is 93.4 Å². The molecular weight excluding hydrogens is 1160 g/mol. The maximum Gasteiger partial charge on any atom is 2.00 e. The van der Waals surface area contributed by atoms with Gasteiger partial charge in [0.15, 0.2) is 23.0 Å². The summed E-state index contributed by atoms with van der Waals surface area (Å²) in [6.45, 7) is -0.215. The smallest absolute Gasteiger partial charge is 0.550 e. The predicted octanol–water partition coefficient (Wildman–Crippen LogP) is 9.03. The minimum atomic E-state index is -1.27. The second kappa shape index (κ2) is 27.1. The Labute approximate surface area is 509 Å². The summed E-state index contributed by atoms with van der Waals surface area (Å²) in [5, 5.41) is 33.6. The topological polar surface area (TPSA) is 278 Å². The SMILES string of the molecule is COc1cc2c(Oc3cccc(NC(=O)C4(C(=O)Nc5ccc(F)cc5)CC4)c3Cl)ccnc2cc1OCCC(=O)[O-].COc1cc2c(Oc3cccc(NC(=O)C4(C(=O)Nc5ccc(F)cc5)CC4)c3Cl)ccnc2cc1OCCC(=O)[O-].[Mg+2]. The van der Waals surface area contributed by atoms with Crippen molar-refractivity contribution in [2.45, 2.75) is 38.5 Å². The van der Waals surface area contributed by atoms with Gasteiger partial charge in [-0.3, -0.25) is 29.1 Å². The summed E-state index contributed by atoms with van der Waals surface area (Å²) in [4.78, 5) is 82.4. The minimum Gasteiger partial charge on any atom is -0.550 e. The van der Waals surface area contributed by atoms with E-state index in [9.17, 15) is 47.8 Å². The zero-order chi connectivity index (χ0) is 59.7. The number of rotatable bonds is 22. The van der Waals surface area contributed by atoms with Crippen LogP contribution in [-0.4, -0.2) is 96.0 Å². The first-order valence-corrected chi connectivity index (χ1v) is 26.4. The molecule has 0 spiro atoms. The molecule has 2 heterocycles. The van der Waals surface area contributed by atoms with Crippen LogP contribution in [0.15, 0.2) is 134 Å². The van der Waals surface area contributed by atoms with Crippen LogP contribution < -0.4 is 59.9 Å². The van der Waals surface area contributed by atoms with Crippen molar-refractivity contribution in [2.75, 3.05) is 48.7 Å². The van der Waals surface area contributed by atoms with Gasteiger partial charge in [-0.15, -0.1) is 0 Å². The van der Waals surface area contributed by atoms with Gasteiger partial charge < -0.3 is 69.5 Å². The van der Waals surface area contributed by atoms with Crippen LogP contribution in [0.2, 0.25) is 10.0 Å². The van der Waals surface area contributed by atoms with Crippen LogP contribution in [0, 0.1) is 22.5 Å². The Morgan fingerprint density at radius 1 is 0.494 bits per heavy atom. The van der Waals surface area contributed by atoms with Crippen molar-refractivity contribution in [3.05, 3.63) is 155 Å². The molecule has 10 rings (SSSR count). The Morgan fingerprint density at radius 3 is 1.20 bits per heavy atom. The summed E-state index contributed by atoms with van der Waals surface area (Å²) < 4.78 is 60.5. The average molecular weight is 1210 g/mol. The quantitative estimate of drug-likeness (QED) is 0.0364. The minimum absolute atomic E-state index is 0. The van der Waals surface area contributed by atoms with Gasteiger partial charge in [-0.2, -0.15) is 0 Å². The molecule has 25 heteroatoms. The molecule has 2 saturated carbocycles. The van der Waals surface area contributed by atoms with Crippen LogP contribution >= 0.6 is 23.2 Å². The van der Waals surface area contributed by atoms with E-state index in [1.54, 1.807) is 72.8 Å². The van der Waals surface area contributed by atoms with Crippen LogP contribution in [-0.2, 0) is 28.8 Å². The Morgan fingerprint density at radius 2 is 0.859 bits per heavy atom. The number of amides is 4. The van der Waals surface area contributed by atoms with Crippen molar-refractivity contribution in [2.24, 2.45) is 10.8 Å². The van der Waals surface area contributed by atoms with Crippen molar-refractivity contribution in [3.8, 4) is 46.0 Å². The first kappa shape index (κ1) is 62.0. The Balaban J connectivity index is 0.000000219. The van der Waals surface area contributed by atoms with Crippen molar-refractivity contribution in [3.63, 3.8) is 0 Å². The third kappa shape index (κ3) is 14.7. The van der Waals surface area contributed by atoms with E-state index >= 15 is 0 Å². The molecule has 85 heavy (non-hydrogen) atoms. The molecule has 2 aromatic heterocycles. The van der Waals surface area contributed by atoms with Gasteiger partial charge in [0, 0.05) is 71.5 Å². The Hall–Kier alpha value is -9.03. The molecule has 8 aromatic rings. The summed E-state index contributed by atoms with van der Waals surface area (Å²) in [5.74, 6) is -2.88. The molecule has 2 aliphatic rings. The van der Waals surface area contributed by atoms with Gasteiger partial charge in [0.05, 0.1) is 49.8 Å². The van der Waals surface area contributed by atoms with Crippen LogP contribution in [0.4, 0.5) is 31.5 Å². The van der Waals surface area contributed by atoms with E-state index in [0.717, 1.165) is 0 Å². The molecule has 0 atom stereocenters. The van der Waals surface area contributed by atoms with Crippen molar-refractivity contribution < 1.29 is 76.2 Å². The molecule has 2 fully saturated rings. The number of ether oxygens (including phenoxy) is 6. The zero-order valence-electron chi connectivity index (χ0n) is 45.2. The second-order valence-corrected chi connectivity index (χ2v) is 19.8. The van der Waals surface area contributed by atoms with E-state index < -0.39 is 58.0 Å². The third-order valence-electron chi connectivity index (χ3n) is 13.4. The number of carbonyl (C=O) groups excluding carboxylic acids is 6. The van der Waals surface area contributed by atoms with Gasteiger partial charge >= 0.3 is 23.1 Å². The van der Waals surface area contributed by atoms with Crippen molar-refractivity contribution in [1.29, 1.82) is 0 Å². The monoisotopic (exact) mass is 1210 g/mol. The number of carboxylic acids is 2. The van der Waals surface area contributed by atoms with E-state index in [4.69, 9.17) is 51.6 Å². The van der Waals surface area contributed by atoms with E-state index in [-0.39, 0.29) is 82.0 Å². The number of carbonyl (C=O) groups is 6. The number of anilines is 4. The van der Waals surface area contributed by atoms with Gasteiger partial charge in [0.25, 0.3) is 0 Å². The zero-order valence-corrected chi connectivity index (χ0v) is 48.1. The fourth-order valence-electron chi connectivity index (χ4n) is 8.49. The number of hydrogen-bond acceptors (Lipinski definition) is 16. The number of halogens is 4. The summed E-state index contributed by atoms with van der Waals surface area (Å²) >= 11 is 13.3. The molecule has 6 aromatic carbocycles. The fraction of sp³-hybridized carbons (Fsp3) is 0.200. The molecule has 0 unspecified atom stereocenters. The molecule has 0 radical (unpaired) electrons. The number of benzene rings is 6. The third-order valence-corrected chi connectivity index (χ3v) is 14.2. The largest absolute Gasteiger partial charge is 2.00 e. The Bertz CT molecular complexity index is 3610. The number of nitrogens with zero attached hydrogens (tertiary/aromatic N) is 2. The number of hydrogen-bond donors (Lipinski definition) is 4. The molecule has 0 saturated heterocycles. The first-order valence-electron chi connectivity index (χ1n) is 25.7. The number of methoxy groups -OCH3 is 2.